The summed E-state index contributed by atoms with van der Waals surface area (Å²) < 4.78 is 0. The second kappa shape index (κ2) is 8.17. The summed E-state index contributed by atoms with van der Waals surface area (Å²) >= 11 is 6.29. The number of aryl methyl sites for hydroxylation is 2. The summed E-state index contributed by atoms with van der Waals surface area (Å²) in [4.78, 5) is 30.7. The molecule has 0 bridgehead atoms. The van der Waals surface area contributed by atoms with E-state index in [9.17, 15) is 9.59 Å². The van der Waals surface area contributed by atoms with E-state index >= 15 is 0 Å². The van der Waals surface area contributed by atoms with Crippen molar-refractivity contribution in [2.24, 2.45) is 0 Å². The molecular weight excluding hydrogens is 396 g/mol. The molecule has 0 saturated carbocycles. The first-order valence-corrected chi connectivity index (χ1v) is 10.1. The second-order valence-corrected chi connectivity index (χ2v) is 7.83. The summed E-state index contributed by atoms with van der Waals surface area (Å²) in [5, 5.41) is 1.30. The van der Waals surface area contributed by atoms with Crippen molar-refractivity contribution in [3.05, 3.63) is 110 Å². The third kappa shape index (κ3) is 4.00. The van der Waals surface area contributed by atoms with Crippen molar-refractivity contribution in [3.63, 3.8) is 0 Å². The van der Waals surface area contributed by atoms with Crippen LogP contribution in [0.25, 0.3) is 10.9 Å². The summed E-state index contributed by atoms with van der Waals surface area (Å²) in [6.07, 6.45) is 0. The van der Waals surface area contributed by atoms with Gasteiger partial charge in [0.25, 0.3) is 11.5 Å². The molecule has 1 aromatic heterocycles. The number of hydrogen-bond donors (Lipinski definition) is 1. The molecule has 4 rings (SSSR count). The van der Waals surface area contributed by atoms with E-state index in [1.165, 1.54) is 0 Å². The zero-order valence-electron chi connectivity index (χ0n) is 16.8. The number of carbonyl (C=O) groups is 1. The van der Waals surface area contributed by atoms with Crippen molar-refractivity contribution in [2.45, 2.75) is 20.4 Å². The van der Waals surface area contributed by atoms with E-state index in [0.717, 1.165) is 22.0 Å². The Balaban J connectivity index is 1.81. The van der Waals surface area contributed by atoms with E-state index in [1.807, 2.05) is 62.4 Å². The number of nitrogens with one attached hydrogen (secondary N) is 1. The normalized spacial score (nSPS) is 10.9. The lowest BCUT2D eigenvalue weighted by Crippen LogP contribution is -2.33. The Hall–Kier alpha value is -3.37. The van der Waals surface area contributed by atoms with Crippen molar-refractivity contribution in [2.75, 3.05) is 4.90 Å². The maximum absolute atomic E-state index is 13.4. The third-order valence-corrected chi connectivity index (χ3v) is 5.40. The number of amides is 1. The van der Waals surface area contributed by atoms with Gasteiger partial charge in [-0.15, -0.1) is 0 Å². The fraction of sp³-hybridized carbons (Fsp3) is 0.120. The lowest BCUT2D eigenvalue weighted by Gasteiger charge is -2.24. The number of carbonyl (C=O) groups excluding carboxylic acids is 1. The number of rotatable bonds is 4. The maximum Gasteiger partial charge on any atom is 0.260 e. The molecule has 0 aliphatic rings. The monoisotopic (exact) mass is 416 g/mol. The van der Waals surface area contributed by atoms with Crippen LogP contribution >= 0.6 is 11.6 Å². The van der Waals surface area contributed by atoms with Crippen LogP contribution in [0.1, 0.15) is 27.0 Å². The molecule has 150 valence electrons. The molecule has 1 amide bonds. The van der Waals surface area contributed by atoms with E-state index in [4.69, 9.17) is 11.6 Å². The zero-order chi connectivity index (χ0) is 21.3. The highest BCUT2D eigenvalue weighted by Gasteiger charge is 2.21. The Morgan fingerprint density at radius 1 is 0.933 bits per heavy atom. The van der Waals surface area contributed by atoms with Crippen LogP contribution in [0.4, 0.5) is 5.69 Å². The number of pyridine rings is 1. The molecule has 0 radical (unpaired) electrons. The molecule has 5 heteroatoms. The molecule has 3 aromatic carbocycles. The summed E-state index contributed by atoms with van der Waals surface area (Å²) in [6.45, 7) is 4.08. The first kappa shape index (κ1) is 19.9. The number of aromatic amines is 1. The molecule has 0 spiro atoms. The number of anilines is 1. The molecule has 0 aliphatic heterocycles. The lowest BCUT2D eigenvalue weighted by atomic mass is 10.1. The van der Waals surface area contributed by atoms with Crippen molar-refractivity contribution < 1.29 is 4.79 Å². The number of fused-ring (bicyclic) bond motifs is 1. The predicted molar refractivity (Wildman–Crippen MR) is 122 cm³/mol. The summed E-state index contributed by atoms with van der Waals surface area (Å²) in [5.41, 5.74) is 4.28. The molecule has 0 atom stereocenters. The standard InChI is InChI=1S/C25H21ClN2O2/c1-16-6-5-7-20(12-16)28(25(30)21-8-3-4-9-22(21)26)15-19-14-18-11-10-17(2)13-23(18)27-24(19)29/h3-14H,15H2,1-2H3,(H,27,29). The van der Waals surface area contributed by atoms with Crippen LogP contribution in [0.15, 0.2) is 77.6 Å². The number of halogens is 1. The van der Waals surface area contributed by atoms with E-state index in [1.54, 1.807) is 29.2 Å². The maximum atomic E-state index is 13.4. The topological polar surface area (TPSA) is 53.2 Å². The molecule has 0 saturated heterocycles. The van der Waals surface area contributed by atoms with Crippen molar-refractivity contribution in [1.82, 2.24) is 4.98 Å². The molecule has 4 aromatic rings. The second-order valence-electron chi connectivity index (χ2n) is 7.42. The first-order valence-electron chi connectivity index (χ1n) is 9.68. The number of aromatic nitrogens is 1. The summed E-state index contributed by atoms with van der Waals surface area (Å²) in [6, 6.07) is 22.3. The van der Waals surface area contributed by atoms with E-state index in [-0.39, 0.29) is 18.0 Å². The minimum atomic E-state index is -0.255. The molecule has 1 N–H and O–H groups in total. The summed E-state index contributed by atoms with van der Waals surface area (Å²) in [7, 11) is 0. The Kier molecular flexibility index (Phi) is 5.42. The van der Waals surface area contributed by atoms with Gasteiger partial charge in [-0.3, -0.25) is 9.59 Å². The van der Waals surface area contributed by atoms with Crippen LogP contribution < -0.4 is 10.5 Å². The lowest BCUT2D eigenvalue weighted by molar-refractivity contribution is 0.0985. The molecular formula is C25H21ClN2O2. The van der Waals surface area contributed by atoms with Crippen molar-refractivity contribution in [1.29, 1.82) is 0 Å². The van der Waals surface area contributed by atoms with Gasteiger partial charge in [-0.2, -0.15) is 0 Å². The molecule has 1 heterocycles. The molecule has 30 heavy (non-hydrogen) atoms. The highest BCUT2D eigenvalue weighted by atomic mass is 35.5. The number of nitrogens with zero attached hydrogens (tertiary/aromatic N) is 1. The van der Waals surface area contributed by atoms with Crippen LogP contribution in [0.5, 0.6) is 0 Å². The minimum absolute atomic E-state index is 0.132. The fourth-order valence-corrected chi connectivity index (χ4v) is 3.72. The number of hydrogen-bond acceptors (Lipinski definition) is 2. The Labute approximate surface area is 179 Å². The first-order chi connectivity index (χ1) is 14.4. The van der Waals surface area contributed by atoms with Gasteiger partial charge in [0.05, 0.1) is 17.1 Å². The zero-order valence-corrected chi connectivity index (χ0v) is 17.5. The highest BCUT2D eigenvalue weighted by Crippen LogP contribution is 2.25. The van der Waals surface area contributed by atoms with E-state index in [0.29, 0.717) is 21.8 Å². The largest absolute Gasteiger partial charge is 0.322 e. The minimum Gasteiger partial charge on any atom is -0.322 e. The van der Waals surface area contributed by atoms with Gasteiger partial charge in [-0.25, -0.2) is 0 Å². The van der Waals surface area contributed by atoms with Gasteiger partial charge in [0.2, 0.25) is 0 Å². The van der Waals surface area contributed by atoms with Gasteiger partial charge >= 0.3 is 0 Å². The predicted octanol–water partition coefficient (Wildman–Crippen LogP) is 5.65. The van der Waals surface area contributed by atoms with Gasteiger partial charge in [0, 0.05) is 16.8 Å². The van der Waals surface area contributed by atoms with Crippen molar-refractivity contribution >= 4 is 34.1 Å². The number of H-pyrrole nitrogens is 1. The molecule has 0 aliphatic carbocycles. The molecule has 4 nitrogen and oxygen atoms in total. The third-order valence-electron chi connectivity index (χ3n) is 5.07. The Morgan fingerprint density at radius 3 is 2.47 bits per heavy atom. The average molecular weight is 417 g/mol. The van der Waals surface area contributed by atoms with Crippen LogP contribution in [0.3, 0.4) is 0 Å². The quantitative estimate of drug-likeness (QED) is 0.467. The van der Waals surface area contributed by atoms with Crippen LogP contribution in [0, 0.1) is 13.8 Å². The SMILES string of the molecule is Cc1cccc(N(Cc2cc3ccc(C)cc3[nH]c2=O)C(=O)c2ccccc2Cl)c1. The Morgan fingerprint density at radius 2 is 1.70 bits per heavy atom. The van der Waals surface area contributed by atoms with Crippen LogP contribution in [-0.2, 0) is 6.54 Å². The van der Waals surface area contributed by atoms with Gasteiger partial charge in [-0.1, -0.05) is 48.0 Å². The van der Waals surface area contributed by atoms with Crippen LogP contribution in [-0.4, -0.2) is 10.9 Å². The number of benzene rings is 3. The van der Waals surface area contributed by atoms with Crippen LogP contribution in [0.2, 0.25) is 5.02 Å². The van der Waals surface area contributed by atoms with Crippen molar-refractivity contribution in [3.8, 4) is 0 Å². The molecule has 0 fully saturated rings. The Bertz CT molecular complexity index is 1310. The smallest absolute Gasteiger partial charge is 0.260 e. The van der Waals surface area contributed by atoms with Gasteiger partial charge < -0.3 is 9.88 Å². The van der Waals surface area contributed by atoms with E-state index < -0.39 is 0 Å². The average Bonchev–Trinajstić information content (AvgIpc) is 2.72. The summed E-state index contributed by atoms with van der Waals surface area (Å²) in [5.74, 6) is -0.255. The van der Waals surface area contributed by atoms with E-state index in [2.05, 4.69) is 4.98 Å². The fourth-order valence-electron chi connectivity index (χ4n) is 3.50. The highest BCUT2D eigenvalue weighted by molar-refractivity contribution is 6.34. The van der Waals surface area contributed by atoms with Gasteiger partial charge in [0.1, 0.15) is 0 Å². The van der Waals surface area contributed by atoms with Gasteiger partial charge in [0.15, 0.2) is 0 Å². The molecule has 0 unspecified atom stereocenters. The van der Waals surface area contributed by atoms with Gasteiger partial charge in [-0.05, 0) is 66.8 Å².